The zero-order valence-electron chi connectivity index (χ0n) is 15.1. The van der Waals surface area contributed by atoms with Gasteiger partial charge in [-0.2, -0.15) is 0 Å². The van der Waals surface area contributed by atoms with E-state index < -0.39 is 17.3 Å². The highest BCUT2D eigenvalue weighted by Gasteiger charge is 2.20. The van der Waals surface area contributed by atoms with E-state index in [0.717, 1.165) is 10.1 Å². The molecule has 1 N–H and O–H groups in total. The molecule has 0 aliphatic rings. The number of amides is 1. The van der Waals surface area contributed by atoms with Crippen LogP contribution in [0.15, 0.2) is 58.1 Å². The van der Waals surface area contributed by atoms with Gasteiger partial charge < -0.3 is 9.84 Å². The van der Waals surface area contributed by atoms with Crippen LogP contribution in [0.2, 0.25) is 5.02 Å². The van der Waals surface area contributed by atoms with Crippen molar-refractivity contribution in [3.63, 3.8) is 0 Å². The summed E-state index contributed by atoms with van der Waals surface area (Å²) >= 11 is 5.96. The molecule has 0 saturated carbocycles. The molecule has 2 aromatic carbocycles. The molecule has 4 aromatic rings. The van der Waals surface area contributed by atoms with E-state index >= 15 is 0 Å². The number of hydrogen-bond donors (Lipinski definition) is 1. The standard InChI is InChI=1S/C20H14ClFN4O3/c1-11-6-7-12(21)8-15(11)24-16(27)9-26-10-23-19-17(20(26)28)18(25-29-19)13-4-2-3-5-14(13)22/h2-8,10H,9H2,1H3,(H,24,27). The molecule has 7 nitrogen and oxygen atoms in total. The van der Waals surface area contributed by atoms with Gasteiger partial charge in [-0.15, -0.1) is 0 Å². The minimum Gasteiger partial charge on any atom is -0.335 e. The summed E-state index contributed by atoms with van der Waals surface area (Å²) in [5.74, 6) is -0.991. The van der Waals surface area contributed by atoms with Crippen LogP contribution in [-0.4, -0.2) is 20.6 Å². The molecule has 146 valence electrons. The van der Waals surface area contributed by atoms with Gasteiger partial charge in [-0.25, -0.2) is 9.37 Å². The van der Waals surface area contributed by atoms with Gasteiger partial charge in [0, 0.05) is 16.3 Å². The lowest BCUT2D eigenvalue weighted by molar-refractivity contribution is -0.116. The summed E-state index contributed by atoms with van der Waals surface area (Å²) < 4.78 is 20.3. The zero-order chi connectivity index (χ0) is 20.5. The Morgan fingerprint density at radius 1 is 1.28 bits per heavy atom. The van der Waals surface area contributed by atoms with Gasteiger partial charge in [-0.3, -0.25) is 14.2 Å². The van der Waals surface area contributed by atoms with Crippen LogP contribution in [0.1, 0.15) is 5.56 Å². The number of halogens is 2. The molecule has 9 heteroatoms. The molecule has 0 aliphatic heterocycles. The lowest BCUT2D eigenvalue weighted by Crippen LogP contribution is -2.28. The first-order valence-electron chi connectivity index (χ1n) is 8.60. The minimum atomic E-state index is -0.563. The molecule has 0 unspecified atom stereocenters. The Balaban J connectivity index is 1.68. The molecule has 0 spiro atoms. The van der Waals surface area contributed by atoms with Crippen LogP contribution in [0.25, 0.3) is 22.4 Å². The van der Waals surface area contributed by atoms with Crippen molar-refractivity contribution in [1.29, 1.82) is 0 Å². The number of anilines is 1. The molecule has 2 aromatic heterocycles. The van der Waals surface area contributed by atoms with Crippen LogP contribution in [-0.2, 0) is 11.3 Å². The fourth-order valence-corrected chi connectivity index (χ4v) is 3.08. The van der Waals surface area contributed by atoms with Crippen molar-refractivity contribution in [2.45, 2.75) is 13.5 Å². The molecule has 0 bridgehead atoms. The predicted molar refractivity (Wildman–Crippen MR) is 106 cm³/mol. The Morgan fingerprint density at radius 3 is 2.86 bits per heavy atom. The largest absolute Gasteiger partial charge is 0.335 e. The van der Waals surface area contributed by atoms with Crippen molar-refractivity contribution in [3.05, 3.63) is 75.5 Å². The van der Waals surface area contributed by atoms with Gasteiger partial charge in [-0.05, 0) is 36.8 Å². The van der Waals surface area contributed by atoms with Gasteiger partial charge in [0.1, 0.15) is 29.8 Å². The zero-order valence-corrected chi connectivity index (χ0v) is 15.9. The number of carbonyl (C=O) groups is 1. The lowest BCUT2D eigenvalue weighted by Gasteiger charge is -2.10. The Labute approximate surface area is 168 Å². The van der Waals surface area contributed by atoms with Crippen LogP contribution >= 0.6 is 11.6 Å². The maximum Gasteiger partial charge on any atom is 0.267 e. The first-order valence-corrected chi connectivity index (χ1v) is 8.97. The van der Waals surface area contributed by atoms with E-state index in [0.29, 0.717) is 10.7 Å². The van der Waals surface area contributed by atoms with Crippen LogP contribution in [0, 0.1) is 12.7 Å². The smallest absolute Gasteiger partial charge is 0.267 e. The average Bonchev–Trinajstić information content (AvgIpc) is 3.12. The van der Waals surface area contributed by atoms with Crippen molar-refractivity contribution in [1.82, 2.24) is 14.7 Å². The number of nitrogens with one attached hydrogen (secondary N) is 1. The Hall–Kier alpha value is -3.52. The molecule has 1 amide bonds. The van der Waals surface area contributed by atoms with Gasteiger partial charge in [0.05, 0.1) is 0 Å². The molecule has 0 radical (unpaired) electrons. The number of aromatic nitrogens is 3. The predicted octanol–water partition coefficient (Wildman–Crippen LogP) is 3.79. The first-order chi connectivity index (χ1) is 13.9. The molecular weight excluding hydrogens is 399 g/mol. The summed E-state index contributed by atoms with van der Waals surface area (Å²) in [7, 11) is 0. The molecule has 0 aliphatic carbocycles. The second kappa shape index (κ2) is 7.48. The van der Waals surface area contributed by atoms with Crippen LogP contribution in [0.4, 0.5) is 10.1 Å². The Kier molecular flexibility index (Phi) is 4.85. The van der Waals surface area contributed by atoms with E-state index in [1.165, 1.54) is 24.5 Å². The summed E-state index contributed by atoms with van der Waals surface area (Å²) in [6, 6.07) is 11.0. The van der Waals surface area contributed by atoms with E-state index in [1.807, 2.05) is 6.92 Å². The fraction of sp³-hybridized carbons (Fsp3) is 0.100. The summed E-state index contributed by atoms with van der Waals surface area (Å²) in [6.45, 7) is 1.53. The third-order valence-electron chi connectivity index (χ3n) is 4.38. The van der Waals surface area contributed by atoms with E-state index in [1.54, 1.807) is 24.3 Å². The van der Waals surface area contributed by atoms with E-state index in [4.69, 9.17) is 16.1 Å². The van der Waals surface area contributed by atoms with Gasteiger partial charge in [0.15, 0.2) is 0 Å². The molecular formula is C20H14ClFN4O3. The normalized spacial score (nSPS) is 11.0. The number of rotatable bonds is 4. The quantitative estimate of drug-likeness (QED) is 0.550. The highest BCUT2D eigenvalue weighted by atomic mass is 35.5. The van der Waals surface area contributed by atoms with Crippen LogP contribution in [0.3, 0.4) is 0 Å². The molecule has 2 heterocycles. The summed E-state index contributed by atoms with van der Waals surface area (Å²) in [4.78, 5) is 29.4. The van der Waals surface area contributed by atoms with Gasteiger partial charge >= 0.3 is 0 Å². The maximum absolute atomic E-state index is 14.2. The topological polar surface area (TPSA) is 90.0 Å². The van der Waals surface area contributed by atoms with Crippen molar-refractivity contribution in [2.24, 2.45) is 0 Å². The molecule has 0 fully saturated rings. The van der Waals surface area contributed by atoms with Crippen molar-refractivity contribution < 1.29 is 13.7 Å². The third kappa shape index (κ3) is 3.62. The Bertz CT molecular complexity index is 1300. The fourth-order valence-electron chi connectivity index (χ4n) is 2.90. The number of fused-ring (bicyclic) bond motifs is 1. The SMILES string of the molecule is Cc1ccc(Cl)cc1NC(=O)Cn1cnc2onc(-c3ccccc3F)c2c1=O. The maximum atomic E-state index is 14.2. The van der Waals surface area contributed by atoms with Crippen molar-refractivity contribution >= 4 is 34.3 Å². The second-order valence-corrected chi connectivity index (χ2v) is 6.81. The van der Waals surface area contributed by atoms with Gasteiger partial charge in [0.25, 0.3) is 11.3 Å². The molecule has 29 heavy (non-hydrogen) atoms. The van der Waals surface area contributed by atoms with Crippen molar-refractivity contribution in [3.8, 4) is 11.3 Å². The minimum absolute atomic E-state index is 0.00401. The first kappa shape index (κ1) is 18.8. The summed E-state index contributed by atoms with van der Waals surface area (Å²) in [6.07, 6.45) is 1.19. The Morgan fingerprint density at radius 2 is 2.07 bits per heavy atom. The molecule has 4 rings (SSSR count). The third-order valence-corrected chi connectivity index (χ3v) is 4.61. The number of hydrogen-bond acceptors (Lipinski definition) is 5. The van der Waals surface area contributed by atoms with E-state index in [2.05, 4.69) is 15.5 Å². The second-order valence-electron chi connectivity index (χ2n) is 6.38. The number of nitrogens with zero attached hydrogens (tertiary/aromatic N) is 3. The summed E-state index contributed by atoms with van der Waals surface area (Å²) in [5, 5.41) is 6.99. The molecule has 0 atom stereocenters. The van der Waals surface area contributed by atoms with E-state index in [9.17, 15) is 14.0 Å². The summed E-state index contributed by atoms with van der Waals surface area (Å²) in [5.41, 5.74) is 0.923. The average molecular weight is 413 g/mol. The van der Waals surface area contributed by atoms with Gasteiger partial charge in [0.2, 0.25) is 5.91 Å². The highest BCUT2D eigenvalue weighted by Crippen LogP contribution is 2.26. The van der Waals surface area contributed by atoms with Crippen LogP contribution in [0.5, 0.6) is 0 Å². The van der Waals surface area contributed by atoms with E-state index in [-0.39, 0.29) is 28.9 Å². The van der Waals surface area contributed by atoms with Gasteiger partial charge in [-0.1, -0.05) is 35.0 Å². The number of benzene rings is 2. The van der Waals surface area contributed by atoms with Crippen molar-refractivity contribution in [2.75, 3.05) is 5.32 Å². The number of aryl methyl sites for hydroxylation is 1. The lowest BCUT2D eigenvalue weighted by atomic mass is 10.1. The number of carbonyl (C=O) groups excluding carboxylic acids is 1. The molecule has 0 saturated heterocycles. The monoisotopic (exact) mass is 412 g/mol. The highest BCUT2D eigenvalue weighted by molar-refractivity contribution is 6.31. The van der Waals surface area contributed by atoms with Crippen LogP contribution < -0.4 is 10.9 Å².